The molecule has 1 unspecified atom stereocenters. The van der Waals surface area contributed by atoms with Gasteiger partial charge in [-0.25, -0.2) is 0 Å². The number of carboxylic acid groups (broad SMARTS) is 1. The fourth-order valence-electron chi connectivity index (χ4n) is 2.50. The van der Waals surface area contributed by atoms with Gasteiger partial charge in [0, 0.05) is 19.5 Å². The standard InChI is InChI=1S/C18H23NO4/c20-16(17-9-6-12-23-17)14-19(11-5-4-10-18(21)22)13-15-7-2-1-3-8-15/h1-3,6-9,12,16,20H,4-5,10-11,13-14H2,(H,21,22). The molecular weight excluding hydrogens is 294 g/mol. The summed E-state index contributed by atoms with van der Waals surface area (Å²) in [6, 6.07) is 13.6. The van der Waals surface area contributed by atoms with E-state index in [0.29, 0.717) is 25.3 Å². The monoisotopic (exact) mass is 317 g/mol. The number of carboxylic acids is 1. The molecule has 5 heteroatoms. The zero-order valence-electron chi connectivity index (χ0n) is 13.1. The number of nitrogens with zero attached hydrogens (tertiary/aromatic N) is 1. The van der Waals surface area contributed by atoms with Gasteiger partial charge >= 0.3 is 5.97 Å². The Bertz CT molecular complexity index is 568. The van der Waals surface area contributed by atoms with Crippen molar-refractivity contribution in [3.8, 4) is 0 Å². The summed E-state index contributed by atoms with van der Waals surface area (Å²) in [4.78, 5) is 12.7. The van der Waals surface area contributed by atoms with Crippen LogP contribution in [0.5, 0.6) is 0 Å². The van der Waals surface area contributed by atoms with Crippen LogP contribution in [0.1, 0.15) is 36.7 Å². The third-order valence-corrected chi connectivity index (χ3v) is 3.67. The molecule has 23 heavy (non-hydrogen) atoms. The second-order valence-electron chi connectivity index (χ2n) is 5.60. The first kappa shape index (κ1) is 17.2. The van der Waals surface area contributed by atoms with E-state index in [0.717, 1.165) is 18.5 Å². The van der Waals surface area contributed by atoms with Crippen molar-refractivity contribution in [3.63, 3.8) is 0 Å². The van der Waals surface area contributed by atoms with E-state index in [9.17, 15) is 9.90 Å². The fraction of sp³-hybridized carbons (Fsp3) is 0.389. The van der Waals surface area contributed by atoms with Crippen LogP contribution >= 0.6 is 0 Å². The number of furan rings is 1. The third-order valence-electron chi connectivity index (χ3n) is 3.67. The second-order valence-corrected chi connectivity index (χ2v) is 5.60. The highest BCUT2D eigenvalue weighted by molar-refractivity contribution is 5.66. The molecule has 2 aromatic rings. The van der Waals surface area contributed by atoms with Crippen LogP contribution in [0.15, 0.2) is 53.1 Å². The molecule has 0 spiro atoms. The molecule has 1 atom stereocenters. The van der Waals surface area contributed by atoms with Crippen LogP contribution in [0.25, 0.3) is 0 Å². The van der Waals surface area contributed by atoms with Gasteiger partial charge in [0.25, 0.3) is 0 Å². The van der Waals surface area contributed by atoms with Crippen LogP contribution in [0.2, 0.25) is 0 Å². The second kappa shape index (κ2) is 9.12. The molecule has 0 aliphatic rings. The van der Waals surface area contributed by atoms with Gasteiger partial charge in [-0.2, -0.15) is 0 Å². The predicted molar refractivity (Wildman–Crippen MR) is 86.9 cm³/mol. The summed E-state index contributed by atoms with van der Waals surface area (Å²) in [5.74, 6) is -0.219. The van der Waals surface area contributed by atoms with Crippen LogP contribution < -0.4 is 0 Å². The smallest absolute Gasteiger partial charge is 0.303 e. The summed E-state index contributed by atoms with van der Waals surface area (Å²) in [6.45, 7) is 1.90. The van der Waals surface area contributed by atoms with Crippen LogP contribution in [-0.2, 0) is 11.3 Å². The van der Waals surface area contributed by atoms with Gasteiger partial charge in [-0.05, 0) is 37.1 Å². The van der Waals surface area contributed by atoms with Crippen molar-refractivity contribution in [2.75, 3.05) is 13.1 Å². The molecule has 0 aliphatic carbocycles. The van der Waals surface area contributed by atoms with E-state index in [-0.39, 0.29) is 6.42 Å². The third kappa shape index (κ3) is 6.26. The first-order valence-corrected chi connectivity index (χ1v) is 7.84. The van der Waals surface area contributed by atoms with Crippen molar-refractivity contribution in [1.29, 1.82) is 0 Å². The molecule has 1 aromatic carbocycles. The van der Waals surface area contributed by atoms with Crippen molar-refractivity contribution in [3.05, 3.63) is 60.1 Å². The molecule has 0 saturated heterocycles. The lowest BCUT2D eigenvalue weighted by molar-refractivity contribution is -0.137. The first-order valence-electron chi connectivity index (χ1n) is 7.84. The molecule has 1 aromatic heterocycles. The van der Waals surface area contributed by atoms with Gasteiger partial charge in [0.05, 0.1) is 6.26 Å². The highest BCUT2D eigenvalue weighted by Gasteiger charge is 2.16. The summed E-state index contributed by atoms with van der Waals surface area (Å²) >= 11 is 0. The van der Waals surface area contributed by atoms with Gasteiger partial charge in [0.1, 0.15) is 11.9 Å². The van der Waals surface area contributed by atoms with E-state index < -0.39 is 12.1 Å². The Hall–Kier alpha value is -2.11. The maximum atomic E-state index is 10.6. The van der Waals surface area contributed by atoms with Crippen molar-refractivity contribution in [2.24, 2.45) is 0 Å². The average Bonchev–Trinajstić information content (AvgIpc) is 3.06. The van der Waals surface area contributed by atoms with Gasteiger partial charge in [0.2, 0.25) is 0 Å². The normalized spacial score (nSPS) is 12.4. The van der Waals surface area contributed by atoms with Gasteiger partial charge in [0.15, 0.2) is 0 Å². The van der Waals surface area contributed by atoms with Crippen LogP contribution in [0.3, 0.4) is 0 Å². The summed E-state index contributed by atoms with van der Waals surface area (Å²) in [7, 11) is 0. The summed E-state index contributed by atoms with van der Waals surface area (Å²) in [5.41, 5.74) is 1.16. The van der Waals surface area contributed by atoms with Crippen LogP contribution in [0, 0.1) is 0 Å². The molecule has 0 fully saturated rings. The molecule has 0 amide bonds. The maximum absolute atomic E-state index is 10.6. The zero-order valence-corrected chi connectivity index (χ0v) is 13.1. The Kier molecular flexibility index (Phi) is 6.84. The van der Waals surface area contributed by atoms with Gasteiger partial charge in [-0.15, -0.1) is 0 Å². The molecule has 0 aliphatic heterocycles. The topological polar surface area (TPSA) is 73.9 Å². The Balaban J connectivity index is 1.91. The average molecular weight is 317 g/mol. The minimum atomic E-state index is -0.768. The van der Waals surface area contributed by atoms with Crippen molar-refractivity contribution in [2.45, 2.75) is 31.9 Å². The van der Waals surface area contributed by atoms with Crippen molar-refractivity contribution < 1.29 is 19.4 Å². The molecule has 0 bridgehead atoms. The molecule has 2 N–H and O–H groups in total. The molecular formula is C18H23NO4. The molecule has 124 valence electrons. The Morgan fingerprint density at radius 2 is 1.91 bits per heavy atom. The first-order chi connectivity index (χ1) is 11.1. The van der Waals surface area contributed by atoms with Crippen LogP contribution in [-0.4, -0.2) is 34.2 Å². The van der Waals surface area contributed by atoms with Gasteiger partial charge < -0.3 is 14.6 Å². The molecule has 5 nitrogen and oxygen atoms in total. The highest BCUT2D eigenvalue weighted by Crippen LogP contribution is 2.17. The number of aliphatic carboxylic acids is 1. The number of aliphatic hydroxyl groups excluding tert-OH is 1. The SMILES string of the molecule is O=C(O)CCCCN(Cc1ccccc1)CC(O)c1ccco1. The van der Waals surface area contributed by atoms with Gasteiger partial charge in [-0.1, -0.05) is 30.3 Å². The van der Waals surface area contributed by atoms with E-state index in [2.05, 4.69) is 4.90 Å². The fourth-order valence-corrected chi connectivity index (χ4v) is 2.50. The number of hydrogen-bond acceptors (Lipinski definition) is 4. The van der Waals surface area contributed by atoms with E-state index in [4.69, 9.17) is 9.52 Å². The summed E-state index contributed by atoms with van der Waals surface area (Å²) < 4.78 is 5.25. The number of rotatable bonds is 10. The number of carbonyl (C=O) groups is 1. The quantitative estimate of drug-likeness (QED) is 0.659. The Labute approximate surface area is 136 Å². The Morgan fingerprint density at radius 3 is 2.57 bits per heavy atom. The molecule has 1 heterocycles. The number of hydrogen-bond donors (Lipinski definition) is 2. The lowest BCUT2D eigenvalue weighted by Gasteiger charge is -2.24. The maximum Gasteiger partial charge on any atom is 0.303 e. The summed E-state index contributed by atoms with van der Waals surface area (Å²) in [6.07, 6.45) is 2.46. The van der Waals surface area contributed by atoms with Crippen molar-refractivity contribution in [1.82, 2.24) is 4.90 Å². The van der Waals surface area contributed by atoms with E-state index >= 15 is 0 Å². The molecule has 0 radical (unpaired) electrons. The van der Waals surface area contributed by atoms with Crippen molar-refractivity contribution >= 4 is 5.97 Å². The van der Waals surface area contributed by atoms with Gasteiger partial charge in [-0.3, -0.25) is 9.69 Å². The number of unbranched alkanes of at least 4 members (excludes halogenated alkanes) is 1. The predicted octanol–water partition coefficient (Wildman–Crippen LogP) is 3.07. The lowest BCUT2D eigenvalue weighted by atomic mass is 10.1. The highest BCUT2D eigenvalue weighted by atomic mass is 16.4. The van der Waals surface area contributed by atoms with E-state index in [1.165, 1.54) is 0 Å². The van der Waals surface area contributed by atoms with Crippen LogP contribution in [0.4, 0.5) is 0 Å². The minimum absolute atomic E-state index is 0.180. The molecule has 0 saturated carbocycles. The van der Waals surface area contributed by atoms with E-state index in [1.807, 2.05) is 30.3 Å². The largest absolute Gasteiger partial charge is 0.481 e. The zero-order chi connectivity index (χ0) is 16.5. The molecule has 2 rings (SSSR count). The number of aliphatic hydroxyl groups is 1. The summed E-state index contributed by atoms with van der Waals surface area (Å²) in [5, 5.41) is 19.0. The van der Waals surface area contributed by atoms with E-state index in [1.54, 1.807) is 18.4 Å². The lowest BCUT2D eigenvalue weighted by Crippen LogP contribution is -2.29. The minimum Gasteiger partial charge on any atom is -0.481 e. The Morgan fingerprint density at radius 1 is 1.13 bits per heavy atom. The number of benzene rings is 1.